The second-order valence-corrected chi connectivity index (χ2v) is 7.75. The van der Waals surface area contributed by atoms with Gasteiger partial charge in [-0.3, -0.25) is 19.2 Å². The van der Waals surface area contributed by atoms with E-state index >= 15 is 0 Å². The molecule has 0 bridgehead atoms. The van der Waals surface area contributed by atoms with Gasteiger partial charge in [-0.1, -0.05) is 0 Å². The van der Waals surface area contributed by atoms with Crippen molar-refractivity contribution in [1.82, 2.24) is 0 Å². The molecule has 0 spiro atoms. The predicted molar refractivity (Wildman–Crippen MR) is 99.0 cm³/mol. The highest BCUT2D eigenvalue weighted by atomic mass is 16.3. The standard InChI is InChI=1S/C20H22O9/c1-7(21)11-13(23)9(15(25)19(3,4)17(11)27)6-10-14(24)12(8(2)22)18(28)20(5,29)16(10)26/h23-26,29H,6H2,1-5H3. The highest BCUT2D eigenvalue weighted by Gasteiger charge is 2.49. The van der Waals surface area contributed by atoms with E-state index in [-0.39, 0.29) is 5.57 Å². The maximum atomic E-state index is 12.5. The van der Waals surface area contributed by atoms with Crippen molar-refractivity contribution in [1.29, 1.82) is 0 Å². The van der Waals surface area contributed by atoms with Gasteiger partial charge < -0.3 is 25.5 Å². The van der Waals surface area contributed by atoms with Crippen LogP contribution in [0.5, 0.6) is 0 Å². The van der Waals surface area contributed by atoms with Crippen LogP contribution in [0.2, 0.25) is 0 Å². The quantitative estimate of drug-likeness (QED) is 0.436. The van der Waals surface area contributed by atoms with E-state index < -0.39 is 80.3 Å². The third kappa shape index (κ3) is 3.07. The van der Waals surface area contributed by atoms with Crippen LogP contribution in [0.25, 0.3) is 0 Å². The molecular formula is C20H22O9. The minimum absolute atomic E-state index is 0.374. The molecule has 9 heteroatoms. The first-order valence-electron chi connectivity index (χ1n) is 8.64. The number of hydrogen-bond donors (Lipinski definition) is 5. The zero-order valence-electron chi connectivity index (χ0n) is 16.6. The lowest BCUT2D eigenvalue weighted by atomic mass is 9.72. The fourth-order valence-corrected chi connectivity index (χ4v) is 3.35. The normalized spacial score (nSPS) is 25.2. The highest BCUT2D eigenvalue weighted by molar-refractivity contribution is 6.25. The first-order chi connectivity index (χ1) is 13.1. The summed E-state index contributed by atoms with van der Waals surface area (Å²) in [7, 11) is 0. The Balaban J connectivity index is 2.79. The maximum Gasteiger partial charge on any atom is 0.209 e. The largest absolute Gasteiger partial charge is 0.511 e. The summed E-state index contributed by atoms with van der Waals surface area (Å²) in [4.78, 5) is 48.4. The van der Waals surface area contributed by atoms with Gasteiger partial charge in [-0.2, -0.15) is 0 Å². The fourth-order valence-electron chi connectivity index (χ4n) is 3.35. The zero-order chi connectivity index (χ0) is 22.6. The molecule has 0 radical (unpaired) electrons. The van der Waals surface area contributed by atoms with E-state index in [1.165, 1.54) is 13.8 Å². The first-order valence-corrected chi connectivity index (χ1v) is 8.64. The fraction of sp³-hybridized carbons (Fsp3) is 0.400. The van der Waals surface area contributed by atoms with E-state index in [0.29, 0.717) is 0 Å². The molecule has 2 aliphatic carbocycles. The molecule has 1 unspecified atom stereocenters. The van der Waals surface area contributed by atoms with E-state index in [1.807, 2.05) is 0 Å². The van der Waals surface area contributed by atoms with Crippen molar-refractivity contribution in [3.63, 3.8) is 0 Å². The Morgan fingerprint density at radius 1 is 0.759 bits per heavy atom. The van der Waals surface area contributed by atoms with Crippen LogP contribution in [0.4, 0.5) is 0 Å². The lowest BCUT2D eigenvalue weighted by Crippen LogP contribution is -2.44. The van der Waals surface area contributed by atoms with E-state index in [9.17, 15) is 44.7 Å². The van der Waals surface area contributed by atoms with Crippen molar-refractivity contribution in [2.45, 2.75) is 46.6 Å². The summed E-state index contributed by atoms with van der Waals surface area (Å²) in [5, 5.41) is 52.1. The number of rotatable bonds is 4. The molecule has 5 N–H and O–H groups in total. The van der Waals surface area contributed by atoms with Crippen LogP contribution in [0, 0.1) is 5.41 Å². The van der Waals surface area contributed by atoms with Gasteiger partial charge in [0.05, 0.1) is 5.41 Å². The molecule has 29 heavy (non-hydrogen) atoms. The summed E-state index contributed by atoms with van der Waals surface area (Å²) in [5.74, 6) is -7.08. The average molecular weight is 406 g/mol. The molecule has 0 heterocycles. The average Bonchev–Trinajstić information content (AvgIpc) is 2.58. The molecule has 1 atom stereocenters. The van der Waals surface area contributed by atoms with Crippen LogP contribution in [0.15, 0.2) is 45.3 Å². The van der Waals surface area contributed by atoms with Gasteiger partial charge in [0.25, 0.3) is 0 Å². The molecule has 0 aromatic carbocycles. The van der Waals surface area contributed by atoms with Crippen LogP contribution in [-0.4, -0.2) is 54.3 Å². The lowest BCUT2D eigenvalue weighted by molar-refractivity contribution is -0.133. The third-order valence-corrected chi connectivity index (χ3v) is 5.19. The summed E-state index contributed by atoms with van der Waals surface area (Å²) >= 11 is 0. The van der Waals surface area contributed by atoms with Gasteiger partial charge in [-0.25, -0.2) is 0 Å². The Kier molecular flexibility index (Phi) is 5.10. The maximum absolute atomic E-state index is 12.5. The number of aliphatic hydroxyl groups is 5. The second kappa shape index (κ2) is 6.70. The number of Topliss-reactive ketones (excluding diaryl/α,β-unsaturated/α-hetero) is 4. The predicted octanol–water partition coefficient (Wildman–Crippen LogP) is 1.75. The molecule has 0 amide bonds. The van der Waals surface area contributed by atoms with Crippen molar-refractivity contribution in [3.8, 4) is 0 Å². The number of aliphatic hydroxyl groups excluding tert-OH is 4. The van der Waals surface area contributed by atoms with E-state index in [1.54, 1.807) is 0 Å². The molecule has 2 rings (SSSR count). The molecule has 0 aromatic heterocycles. The summed E-state index contributed by atoms with van der Waals surface area (Å²) in [5.41, 5.74) is -6.36. The van der Waals surface area contributed by atoms with Gasteiger partial charge in [0.15, 0.2) is 23.0 Å². The SMILES string of the molecule is CC(=O)C1=C(O)C(CC2=C(O)C(C)(O)C(=O)C(C(C)=O)=C2O)=C(O)C(C)(C)C1=O. The smallest absolute Gasteiger partial charge is 0.209 e. The van der Waals surface area contributed by atoms with Gasteiger partial charge in [-0.05, 0) is 34.6 Å². The zero-order valence-corrected chi connectivity index (χ0v) is 16.6. The molecule has 156 valence electrons. The van der Waals surface area contributed by atoms with Crippen LogP contribution in [0.1, 0.15) is 41.0 Å². The van der Waals surface area contributed by atoms with Gasteiger partial charge in [0, 0.05) is 17.6 Å². The molecule has 0 aromatic rings. The number of carbonyl (C=O) groups excluding carboxylic acids is 4. The van der Waals surface area contributed by atoms with E-state index in [4.69, 9.17) is 0 Å². The van der Waals surface area contributed by atoms with Crippen molar-refractivity contribution < 1.29 is 44.7 Å². The molecular weight excluding hydrogens is 384 g/mol. The number of ketones is 4. The number of hydrogen-bond acceptors (Lipinski definition) is 9. The first kappa shape index (κ1) is 22.1. The van der Waals surface area contributed by atoms with Crippen LogP contribution < -0.4 is 0 Å². The van der Waals surface area contributed by atoms with Gasteiger partial charge in [-0.15, -0.1) is 0 Å². The third-order valence-electron chi connectivity index (χ3n) is 5.19. The minimum atomic E-state index is -2.54. The second-order valence-electron chi connectivity index (χ2n) is 7.75. The Morgan fingerprint density at radius 2 is 1.14 bits per heavy atom. The summed E-state index contributed by atoms with van der Waals surface area (Å²) < 4.78 is 0. The van der Waals surface area contributed by atoms with Crippen molar-refractivity contribution >= 4 is 23.1 Å². The Labute approximate surface area is 166 Å². The van der Waals surface area contributed by atoms with Crippen LogP contribution >= 0.6 is 0 Å². The molecule has 9 nitrogen and oxygen atoms in total. The molecule has 0 saturated carbocycles. The Bertz CT molecular complexity index is 917. The van der Waals surface area contributed by atoms with Gasteiger partial charge in [0.2, 0.25) is 5.78 Å². The molecule has 0 fully saturated rings. The molecule has 0 aliphatic heterocycles. The van der Waals surface area contributed by atoms with Crippen LogP contribution in [-0.2, 0) is 19.2 Å². The van der Waals surface area contributed by atoms with Gasteiger partial charge in [0.1, 0.15) is 34.2 Å². The highest BCUT2D eigenvalue weighted by Crippen LogP contribution is 2.43. The Hall–Kier alpha value is -3.20. The monoisotopic (exact) mass is 406 g/mol. The summed E-state index contributed by atoms with van der Waals surface area (Å²) in [6.07, 6.45) is -0.678. The minimum Gasteiger partial charge on any atom is -0.511 e. The van der Waals surface area contributed by atoms with Gasteiger partial charge >= 0.3 is 0 Å². The summed E-state index contributed by atoms with van der Waals surface area (Å²) in [6, 6.07) is 0. The topological polar surface area (TPSA) is 169 Å². The number of allylic oxidation sites excluding steroid dienone is 4. The van der Waals surface area contributed by atoms with Crippen LogP contribution in [0.3, 0.4) is 0 Å². The molecule has 2 aliphatic rings. The Morgan fingerprint density at radius 3 is 1.55 bits per heavy atom. The van der Waals surface area contributed by atoms with Crippen molar-refractivity contribution in [3.05, 3.63) is 45.3 Å². The van der Waals surface area contributed by atoms with Crippen molar-refractivity contribution in [2.75, 3.05) is 0 Å². The lowest BCUT2D eigenvalue weighted by Gasteiger charge is -2.33. The summed E-state index contributed by atoms with van der Waals surface area (Å²) in [6.45, 7) is 5.56. The molecule has 0 saturated heterocycles. The van der Waals surface area contributed by atoms with Crippen molar-refractivity contribution in [2.24, 2.45) is 5.41 Å². The van der Waals surface area contributed by atoms with E-state index in [0.717, 1.165) is 20.8 Å². The van der Waals surface area contributed by atoms with E-state index in [2.05, 4.69) is 0 Å². The number of carbonyl (C=O) groups is 4.